The van der Waals surface area contributed by atoms with Gasteiger partial charge in [-0.05, 0) is 31.8 Å². The molecule has 2 bridgehead atoms. The summed E-state index contributed by atoms with van der Waals surface area (Å²) < 4.78 is 0. The molecule has 0 spiro atoms. The number of rotatable bonds is 5. The van der Waals surface area contributed by atoms with Gasteiger partial charge in [0.25, 0.3) is 5.91 Å². The Bertz CT molecular complexity index is 904. The van der Waals surface area contributed by atoms with E-state index in [2.05, 4.69) is 15.2 Å². The normalized spacial score (nSPS) is 22.2. The molecule has 3 aliphatic heterocycles. The first-order chi connectivity index (χ1) is 14.4. The van der Waals surface area contributed by atoms with Crippen molar-refractivity contribution in [3.05, 3.63) is 53.6 Å². The Balaban J connectivity index is 0.000000275. The van der Waals surface area contributed by atoms with Crippen molar-refractivity contribution in [2.24, 2.45) is 5.92 Å². The van der Waals surface area contributed by atoms with E-state index in [-0.39, 0.29) is 5.91 Å². The molecule has 1 aromatic carbocycles. The largest absolute Gasteiger partial charge is 0.478 e. The van der Waals surface area contributed by atoms with Crippen LogP contribution in [0.3, 0.4) is 0 Å². The molecule has 3 N–H and O–H groups in total. The Hall–Kier alpha value is -3.04. The highest BCUT2D eigenvalue weighted by Gasteiger charge is 2.35. The number of aliphatic carboxylic acids is 2. The summed E-state index contributed by atoms with van der Waals surface area (Å²) in [5, 5.41) is 19.7. The highest BCUT2D eigenvalue weighted by atomic mass is 32.1. The summed E-state index contributed by atoms with van der Waals surface area (Å²) >= 11 is 1.47. The van der Waals surface area contributed by atoms with Crippen molar-refractivity contribution in [3.8, 4) is 10.6 Å². The van der Waals surface area contributed by atoms with Gasteiger partial charge in [0.05, 0.1) is 6.20 Å². The van der Waals surface area contributed by atoms with E-state index in [0.717, 1.165) is 17.1 Å². The van der Waals surface area contributed by atoms with Gasteiger partial charge in [0.2, 0.25) is 0 Å². The van der Waals surface area contributed by atoms with Gasteiger partial charge >= 0.3 is 11.9 Å². The number of benzene rings is 1. The van der Waals surface area contributed by atoms with E-state index < -0.39 is 11.9 Å². The Labute approximate surface area is 177 Å². The fourth-order valence-electron chi connectivity index (χ4n) is 3.60. The summed E-state index contributed by atoms with van der Waals surface area (Å²) in [5.74, 6) is -1.84. The van der Waals surface area contributed by atoms with Gasteiger partial charge in [-0.25, -0.2) is 14.6 Å². The molecule has 1 amide bonds. The number of nitrogens with zero attached hydrogens (tertiary/aromatic N) is 2. The maximum absolute atomic E-state index is 12.5. The second-order valence-electron chi connectivity index (χ2n) is 7.12. The molecule has 0 radical (unpaired) electrons. The number of amides is 1. The number of aromatic nitrogens is 1. The van der Waals surface area contributed by atoms with Crippen LogP contribution >= 0.6 is 11.3 Å². The molecule has 2 aromatic rings. The highest BCUT2D eigenvalue weighted by Crippen LogP contribution is 2.29. The number of carbonyl (C=O) groups excluding carboxylic acids is 1. The quantitative estimate of drug-likeness (QED) is 0.624. The maximum Gasteiger partial charge on any atom is 0.328 e. The summed E-state index contributed by atoms with van der Waals surface area (Å²) in [4.78, 5) is 39.1. The van der Waals surface area contributed by atoms with Crippen LogP contribution in [0.2, 0.25) is 0 Å². The smallest absolute Gasteiger partial charge is 0.328 e. The topological polar surface area (TPSA) is 120 Å². The molecular formula is C21H23N3O5S. The van der Waals surface area contributed by atoms with Crippen molar-refractivity contribution in [1.82, 2.24) is 15.2 Å². The third-order valence-corrected chi connectivity index (χ3v) is 6.14. The molecule has 8 nitrogen and oxygen atoms in total. The number of carboxylic acids is 2. The lowest BCUT2D eigenvalue weighted by atomic mass is 9.84. The number of thiazole rings is 1. The zero-order valence-electron chi connectivity index (χ0n) is 16.2. The summed E-state index contributed by atoms with van der Waals surface area (Å²) in [6, 6.07) is 10.3. The highest BCUT2D eigenvalue weighted by molar-refractivity contribution is 7.16. The lowest BCUT2D eigenvalue weighted by molar-refractivity contribution is -0.134. The molecule has 30 heavy (non-hydrogen) atoms. The number of piperidine rings is 3. The van der Waals surface area contributed by atoms with Gasteiger partial charge < -0.3 is 20.4 Å². The summed E-state index contributed by atoms with van der Waals surface area (Å²) in [6.45, 7) is 3.38. The number of hydrogen-bond acceptors (Lipinski definition) is 6. The van der Waals surface area contributed by atoms with E-state index in [4.69, 9.17) is 10.2 Å². The van der Waals surface area contributed by atoms with E-state index in [1.807, 2.05) is 30.3 Å². The molecule has 1 atom stereocenters. The first kappa shape index (κ1) is 21.7. The third kappa shape index (κ3) is 5.98. The van der Waals surface area contributed by atoms with E-state index >= 15 is 0 Å². The van der Waals surface area contributed by atoms with Crippen molar-refractivity contribution in [2.45, 2.75) is 18.9 Å². The first-order valence-electron chi connectivity index (χ1n) is 9.61. The average Bonchev–Trinajstić information content (AvgIpc) is 3.25. The number of carboxylic acid groups (broad SMARTS) is 2. The van der Waals surface area contributed by atoms with Crippen LogP contribution in [-0.2, 0) is 9.59 Å². The monoisotopic (exact) mass is 429 g/mol. The van der Waals surface area contributed by atoms with Crippen LogP contribution in [0.1, 0.15) is 22.5 Å². The van der Waals surface area contributed by atoms with E-state index in [1.165, 1.54) is 37.3 Å². The molecular weight excluding hydrogens is 406 g/mol. The summed E-state index contributed by atoms with van der Waals surface area (Å²) in [7, 11) is 0. The first-order valence-corrected chi connectivity index (χ1v) is 10.4. The summed E-state index contributed by atoms with van der Waals surface area (Å²) in [5.41, 5.74) is 1.06. The third-order valence-electron chi connectivity index (χ3n) is 5.09. The van der Waals surface area contributed by atoms with E-state index in [9.17, 15) is 14.4 Å². The Morgan fingerprint density at radius 2 is 1.70 bits per heavy atom. The minimum Gasteiger partial charge on any atom is -0.478 e. The van der Waals surface area contributed by atoms with Crippen molar-refractivity contribution in [1.29, 1.82) is 0 Å². The van der Waals surface area contributed by atoms with Crippen molar-refractivity contribution >= 4 is 29.2 Å². The van der Waals surface area contributed by atoms with Gasteiger partial charge in [-0.15, -0.1) is 11.3 Å². The molecule has 5 rings (SSSR count). The van der Waals surface area contributed by atoms with Crippen LogP contribution in [0, 0.1) is 5.92 Å². The molecule has 0 saturated carbocycles. The van der Waals surface area contributed by atoms with E-state index in [0.29, 0.717) is 29.0 Å². The second kappa shape index (κ2) is 10.1. The Kier molecular flexibility index (Phi) is 7.31. The van der Waals surface area contributed by atoms with Crippen LogP contribution in [0.5, 0.6) is 0 Å². The SMILES string of the molecule is O=C(N[C@H]1CN2CCC1CC2)c1cnc(-c2ccccc2)s1.O=C(O)/C=C/C(=O)O. The van der Waals surface area contributed by atoms with Crippen LogP contribution in [-0.4, -0.2) is 63.6 Å². The molecule has 9 heteroatoms. The average molecular weight is 429 g/mol. The van der Waals surface area contributed by atoms with Crippen LogP contribution in [0.15, 0.2) is 48.7 Å². The fourth-order valence-corrected chi connectivity index (χ4v) is 4.43. The Morgan fingerprint density at radius 1 is 1.07 bits per heavy atom. The predicted molar refractivity (Wildman–Crippen MR) is 112 cm³/mol. The molecule has 0 unspecified atom stereocenters. The van der Waals surface area contributed by atoms with Gasteiger partial charge in [-0.1, -0.05) is 30.3 Å². The maximum atomic E-state index is 12.5. The van der Waals surface area contributed by atoms with Crippen molar-refractivity contribution in [2.75, 3.05) is 19.6 Å². The zero-order chi connectivity index (χ0) is 21.5. The molecule has 1 aromatic heterocycles. The second-order valence-corrected chi connectivity index (χ2v) is 8.15. The number of fused-ring (bicyclic) bond motifs is 3. The van der Waals surface area contributed by atoms with Crippen LogP contribution < -0.4 is 5.32 Å². The lowest BCUT2D eigenvalue weighted by Crippen LogP contribution is -2.57. The molecule has 0 aliphatic carbocycles. The van der Waals surface area contributed by atoms with Crippen molar-refractivity contribution < 1.29 is 24.6 Å². The lowest BCUT2D eigenvalue weighted by Gasteiger charge is -2.44. The standard InChI is InChI=1S/C17H19N3OS.C4H4O4/c21-16(19-14-11-20-8-6-12(14)7-9-20)15-10-18-17(22-15)13-4-2-1-3-5-13;5-3(6)1-2-4(7)8/h1-5,10,12,14H,6-9,11H2,(H,19,21);1-2H,(H,5,6)(H,7,8)/b;2-1+/t14-;/m0./s1. The van der Waals surface area contributed by atoms with Gasteiger partial charge in [-0.2, -0.15) is 0 Å². The zero-order valence-corrected chi connectivity index (χ0v) is 17.0. The van der Waals surface area contributed by atoms with Gasteiger partial charge in [-0.3, -0.25) is 4.79 Å². The van der Waals surface area contributed by atoms with Gasteiger partial charge in [0.15, 0.2) is 0 Å². The minimum atomic E-state index is -1.26. The van der Waals surface area contributed by atoms with E-state index in [1.54, 1.807) is 6.20 Å². The molecule has 3 saturated heterocycles. The number of hydrogen-bond donors (Lipinski definition) is 3. The predicted octanol–water partition coefficient (Wildman–Crippen LogP) is 2.35. The number of carbonyl (C=O) groups is 3. The molecule has 3 aliphatic rings. The van der Waals surface area contributed by atoms with Crippen molar-refractivity contribution in [3.63, 3.8) is 0 Å². The van der Waals surface area contributed by atoms with Gasteiger partial charge in [0.1, 0.15) is 9.88 Å². The van der Waals surface area contributed by atoms with Gasteiger partial charge in [0, 0.05) is 30.3 Å². The van der Waals surface area contributed by atoms with Crippen LogP contribution in [0.4, 0.5) is 0 Å². The molecule has 4 heterocycles. The fraction of sp³-hybridized carbons (Fsp3) is 0.333. The van der Waals surface area contributed by atoms with Crippen LogP contribution in [0.25, 0.3) is 10.6 Å². The number of nitrogens with one attached hydrogen (secondary N) is 1. The Morgan fingerprint density at radius 3 is 2.23 bits per heavy atom. The summed E-state index contributed by atoms with van der Waals surface area (Å²) in [6.07, 6.45) is 5.24. The molecule has 3 fully saturated rings. The molecule has 158 valence electrons. The minimum absolute atomic E-state index is 0.0263.